The monoisotopic (exact) mass is 432 g/mol. The Morgan fingerprint density at radius 3 is 2.22 bits per heavy atom. The van der Waals surface area contributed by atoms with Crippen molar-refractivity contribution in [1.82, 2.24) is 5.32 Å². The second kappa shape index (κ2) is 10.8. The molecular weight excluding hydrogens is 408 g/mol. The predicted octanol–water partition coefficient (Wildman–Crippen LogP) is 3.66. The van der Waals surface area contributed by atoms with Crippen LogP contribution in [0, 0.1) is 6.92 Å². The molecule has 0 saturated carbocycles. The van der Waals surface area contributed by atoms with Crippen LogP contribution < -0.4 is 15.4 Å². The summed E-state index contributed by atoms with van der Waals surface area (Å²) >= 11 is 0. The average Bonchev–Trinajstić information content (AvgIpc) is 2.82. The van der Waals surface area contributed by atoms with Crippen LogP contribution in [0.15, 0.2) is 78.9 Å². The third-order valence-electron chi connectivity index (χ3n) is 4.63. The highest BCUT2D eigenvalue weighted by atomic mass is 16.5. The summed E-state index contributed by atoms with van der Waals surface area (Å²) in [7, 11) is 1.50. The van der Waals surface area contributed by atoms with Crippen molar-refractivity contribution in [2.45, 2.75) is 13.0 Å². The van der Waals surface area contributed by atoms with Gasteiger partial charge >= 0.3 is 5.97 Å². The summed E-state index contributed by atoms with van der Waals surface area (Å²) in [5.74, 6) is -1.21. The number of benzene rings is 3. The number of carbonyl (C=O) groups excluding carboxylic acids is 3. The van der Waals surface area contributed by atoms with Gasteiger partial charge in [-0.1, -0.05) is 54.6 Å². The van der Waals surface area contributed by atoms with E-state index < -0.39 is 23.9 Å². The zero-order valence-electron chi connectivity index (χ0n) is 17.8. The van der Waals surface area contributed by atoms with E-state index in [1.807, 2.05) is 13.0 Å². The van der Waals surface area contributed by atoms with E-state index in [0.717, 1.165) is 5.56 Å². The Kier molecular flexibility index (Phi) is 7.59. The van der Waals surface area contributed by atoms with Gasteiger partial charge in [-0.05, 0) is 36.8 Å². The second-order valence-electron chi connectivity index (χ2n) is 7.02. The molecule has 0 aliphatic carbocycles. The molecule has 0 aliphatic heterocycles. The van der Waals surface area contributed by atoms with E-state index in [0.29, 0.717) is 22.6 Å². The first-order chi connectivity index (χ1) is 15.5. The minimum Gasteiger partial charge on any atom is -0.495 e. The smallest absolute Gasteiger partial charge is 0.326 e. The molecule has 3 rings (SSSR count). The molecule has 1 unspecified atom stereocenters. The summed E-state index contributed by atoms with van der Waals surface area (Å²) in [6.45, 7) is 1.51. The lowest BCUT2D eigenvalue weighted by Crippen LogP contribution is -2.33. The van der Waals surface area contributed by atoms with Crippen LogP contribution in [0.1, 0.15) is 27.6 Å². The number of anilines is 1. The Balaban J connectivity index is 1.72. The number of amides is 2. The molecule has 0 heterocycles. The third kappa shape index (κ3) is 5.95. The highest BCUT2D eigenvalue weighted by Gasteiger charge is 2.26. The van der Waals surface area contributed by atoms with Crippen LogP contribution in [-0.4, -0.2) is 31.4 Å². The van der Waals surface area contributed by atoms with Gasteiger partial charge in [-0.3, -0.25) is 14.4 Å². The van der Waals surface area contributed by atoms with E-state index >= 15 is 0 Å². The Morgan fingerprint density at radius 2 is 1.56 bits per heavy atom. The van der Waals surface area contributed by atoms with E-state index in [1.54, 1.807) is 72.8 Å². The van der Waals surface area contributed by atoms with Gasteiger partial charge in [0, 0.05) is 11.1 Å². The van der Waals surface area contributed by atoms with Gasteiger partial charge in [0.2, 0.25) is 6.10 Å². The number of esters is 1. The molecule has 0 radical (unpaired) electrons. The molecule has 0 aliphatic rings. The molecule has 0 saturated heterocycles. The molecule has 164 valence electrons. The van der Waals surface area contributed by atoms with Crippen molar-refractivity contribution in [3.8, 4) is 5.75 Å². The first-order valence-electron chi connectivity index (χ1n) is 10.0. The van der Waals surface area contributed by atoms with Crippen molar-refractivity contribution in [1.29, 1.82) is 0 Å². The predicted molar refractivity (Wildman–Crippen MR) is 120 cm³/mol. The van der Waals surface area contributed by atoms with E-state index in [-0.39, 0.29) is 6.54 Å². The minimum atomic E-state index is -1.21. The zero-order valence-corrected chi connectivity index (χ0v) is 17.8. The Morgan fingerprint density at radius 1 is 0.906 bits per heavy atom. The van der Waals surface area contributed by atoms with E-state index in [4.69, 9.17) is 9.47 Å². The third-order valence-corrected chi connectivity index (χ3v) is 4.63. The summed E-state index contributed by atoms with van der Waals surface area (Å²) in [5, 5.41) is 5.27. The van der Waals surface area contributed by atoms with Crippen LogP contribution in [-0.2, 0) is 14.3 Å². The summed E-state index contributed by atoms with van der Waals surface area (Å²) in [4.78, 5) is 37.7. The van der Waals surface area contributed by atoms with Crippen LogP contribution in [0.5, 0.6) is 5.75 Å². The van der Waals surface area contributed by atoms with Crippen molar-refractivity contribution in [3.05, 3.63) is 95.6 Å². The molecule has 7 heteroatoms. The minimum absolute atomic E-state index is 0.377. The average molecular weight is 432 g/mol. The Bertz CT molecular complexity index is 1080. The molecule has 2 amide bonds. The van der Waals surface area contributed by atoms with Crippen LogP contribution in [0.2, 0.25) is 0 Å². The van der Waals surface area contributed by atoms with E-state index in [1.165, 1.54) is 7.11 Å². The van der Waals surface area contributed by atoms with Crippen molar-refractivity contribution < 1.29 is 23.9 Å². The fraction of sp³-hybridized carbons (Fsp3) is 0.160. The van der Waals surface area contributed by atoms with Gasteiger partial charge in [-0.2, -0.15) is 0 Å². The molecule has 2 N–H and O–H groups in total. The molecular formula is C25H24N2O5. The summed E-state index contributed by atoms with van der Waals surface area (Å²) < 4.78 is 10.8. The maximum Gasteiger partial charge on any atom is 0.326 e. The lowest BCUT2D eigenvalue weighted by Gasteiger charge is -2.19. The van der Waals surface area contributed by atoms with Gasteiger partial charge in [0.1, 0.15) is 12.3 Å². The topological polar surface area (TPSA) is 93.7 Å². The van der Waals surface area contributed by atoms with E-state index in [2.05, 4.69) is 10.6 Å². The molecule has 1 atom stereocenters. The Labute approximate surface area is 186 Å². The lowest BCUT2D eigenvalue weighted by molar-refractivity contribution is -0.153. The zero-order chi connectivity index (χ0) is 22.9. The standard InChI is InChI=1S/C25H24N2O5/c1-17-13-14-21(31-2)20(15-17)27-25(30)23(18-9-5-3-6-10-18)32-22(28)16-26-24(29)19-11-7-4-8-12-19/h3-15,23H,16H2,1-2H3,(H,26,29)(H,27,30). The van der Waals surface area contributed by atoms with Gasteiger partial charge in [0.25, 0.3) is 11.8 Å². The summed E-state index contributed by atoms with van der Waals surface area (Å²) in [6, 6.07) is 22.5. The van der Waals surface area contributed by atoms with Gasteiger partial charge in [-0.15, -0.1) is 0 Å². The molecule has 0 spiro atoms. The first-order valence-corrected chi connectivity index (χ1v) is 10.0. The molecule has 32 heavy (non-hydrogen) atoms. The second-order valence-corrected chi connectivity index (χ2v) is 7.02. The van der Waals surface area contributed by atoms with Crippen LogP contribution >= 0.6 is 0 Å². The van der Waals surface area contributed by atoms with E-state index in [9.17, 15) is 14.4 Å². The highest BCUT2D eigenvalue weighted by Crippen LogP contribution is 2.27. The summed E-state index contributed by atoms with van der Waals surface area (Å²) in [5.41, 5.74) is 2.31. The Hall–Kier alpha value is -4.13. The van der Waals surface area contributed by atoms with Crippen molar-refractivity contribution in [2.75, 3.05) is 19.0 Å². The number of hydrogen-bond acceptors (Lipinski definition) is 5. The van der Waals surface area contributed by atoms with Crippen molar-refractivity contribution in [2.24, 2.45) is 0 Å². The molecule has 3 aromatic rings. The number of carbonyl (C=O) groups is 3. The molecule has 0 aromatic heterocycles. The SMILES string of the molecule is COc1ccc(C)cc1NC(=O)C(OC(=O)CNC(=O)c1ccccc1)c1ccccc1. The number of hydrogen-bond donors (Lipinski definition) is 2. The number of rotatable bonds is 8. The fourth-order valence-corrected chi connectivity index (χ4v) is 3.04. The number of aryl methyl sites for hydroxylation is 1. The van der Waals surface area contributed by atoms with Crippen molar-refractivity contribution in [3.63, 3.8) is 0 Å². The normalized spacial score (nSPS) is 11.2. The number of methoxy groups -OCH3 is 1. The van der Waals surface area contributed by atoms with Gasteiger partial charge in [-0.25, -0.2) is 0 Å². The molecule has 0 fully saturated rings. The van der Waals surface area contributed by atoms with Gasteiger partial charge in [0.05, 0.1) is 12.8 Å². The van der Waals surface area contributed by atoms with Crippen LogP contribution in [0.25, 0.3) is 0 Å². The van der Waals surface area contributed by atoms with Crippen LogP contribution in [0.4, 0.5) is 5.69 Å². The van der Waals surface area contributed by atoms with Gasteiger partial charge < -0.3 is 20.1 Å². The molecule has 7 nitrogen and oxygen atoms in total. The van der Waals surface area contributed by atoms with Crippen LogP contribution in [0.3, 0.4) is 0 Å². The fourth-order valence-electron chi connectivity index (χ4n) is 3.04. The number of nitrogens with one attached hydrogen (secondary N) is 2. The lowest BCUT2D eigenvalue weighted by atomic mass is 10.1. The maximum atomic E-state index is 13.1. The molecule has 0 bridgehead atoms. The summed E-state index contributed by atoms with van der Waals surface area (Å²) in [6.07, 6.45) is -1.21. The largest absolute Gasteiger partial charge is 0.495 e. The number of ether oxygens (including phenoxy) is 2. The molecule has 3 aromatic carbocycles. The van der Waals surface area contributed by atoms with Gasteiger partial charge in [0.15, 0.2) is 0 Å². The van der Waals surface area contributed by atoms with Crippen molar-refractivity contribution >= 4 is 23.5 Å². The highest BCUT2D eigenvalue weighted by molar-refractivity contribution is 5.98. The maximum absolute atomic E-state index is 13.1. The quantitative estimate of drug-likeness (QED) is 0.530. The first kappa shape index (κ1) is 22.6.